The van der Waals surface area contributed by atoms with E-state index in [-0.39, 0.29) is 11.9 Å². The van der Waals surface area contributed by atoms with Crippen LogP contribution in [-0.2, 0) is 24.8 Å². The molecule has 1 aliphatic heterocycles. The Labute approximate surface area is 140 Å². The lowest BCUT2D eigenvalue weighted by atomic mass is 10.1. The molecule has 0 radical (unpaired) electrons. The number of halogens is 1. The Bertz CT molecular complexity index is 670. The second-order valence-electron chi connectivity index (χ2n) is 6.45. The lowest BCUT2D eigenvalue weighted by molar-refractivity contribution is -0.129. The summed E-state index contributed by atoms with van der Waals surface area (Å²) >= 11 is 0. The molecule has 1 aliphatic rings. The monoisotopic (exact) mass is 334 g/mol. The molecule has 0 saturated carbocycles. The number of rotatable bonds is 6. The fraction of sp³-hybridized carbons (Fsp3) is 0.529. The van der Waals surface area contributed by atoms with Gasteiger partial charge in [0.2, 0.25) is 5.91 Å². The lowest BCUT2D eigenvalue weighted by Gasteiger charge is -2.28. The summed E-state index contributed by atoms with van der Waals surface area (Å²) in [6.07, 6.45) is 4.80. The minimum absolute atomic E-state index is 0.0131. The third kappa shape index (κ3) is 3.84. The molecule has 2 aromatic heterocycles. The van der Waals surface area contributed by atoms with Gasteiger partial charge < -0.3 is 9.32 Å². The van der Waals surface area contributed by atoms with Crippen molar-refractivity contribution in [1.29, 1.82) is 0 Å². The summed E-state index contributed by atoms with van der Waals surface area (Å²) in [6.45, 7) is 1.57. The molecule has 2 aromatic rings. The fourth-order valence-corrected chi connectivity index (χ4v) is 3.19. The molecule has 3 rings (SSSR count). The summed E-state index contributed by atoms with van der Waals surface area (Å²) in [5.74, 6) is 0.0131. The van der Waals surface area contributed by atoms with Gasteiger partial charge >= 0.3 is 0 Å². The van der Waals surface area contributed by atoms with Crippen LogP contribution in [0.15, 0.2) is 35.3 Å². The first-order valence-electron chi connectivity index (χ1n) is 8.13. The molecule has 1 fully saturated rings. The zero-order chi connectivity index (χ0) is 17.1. The molecule has 7 heteroatoms. The highest BCUT2D eigenvalue weighted by Gasteiger charge is 2.33. The van der Waals surface area contributed by atoms with E-state index in [0.717, 1.165) is 11.3 Å². The number of likely N-dealkylation sites (tertiary alicyclic amines) is 1. The van der Waals surface area contributed by atoms with Gasteiger partial charge in [-0.2, -0.15) is 5.10 Å². The van der Waals surface area contributed by atoms with Crippen molar-refractivity contribution in [2.75, 3.05) is 20.1 Å². The van der Waals surface area contributed by atoms with Crippen LogP contribution in [-0.4, -0.2) is 57.8 Å². The van der Waals surface area contributed by atoms with Gasteiger partial charge in [0.25, 0.3) is 0 Å². The molecule has 0 aromatic carbocycles. The number of aromatic nitrogens is 2. The minimum Gasteiger partial charge on any atom is -0.472 e. The van der Waals surface area contributed by atoms with E-state index in [1.807, 2.05) is 13.1 Å². The molecule has 6 nitrogen and oxygen atoms in total. The molecule has 0 bridgehead atoms. The predicted molar refractivity (Wildman–Crippen MR) is 87.0 cm³/mol. The van der Waals surface area contributed by atoms with Crippen molar-refractivity contribution in [2.24, 2.45) is 7.05 Å². The van der Waals surface area contributed by atoms with Crippen molar-refractivity contribution in [3.8, 4) is 0 Å². The predicted octanol–water partition coefficient (Wildman–Crippen LogP) is 1.63. The normalized spacial score (nSPS) is 21.3. The number of amides is 1. The van der Waals surface area contributed by atoms with Crippen molar-refractivity contribution in [3.05, 3.63) is 42.1 Å². The summed E-state index contributed by atoms with van der Waals surface area (Å²) in [7, 11) is 3.66. The highest BCUT2D eigenvalue weighted by Crippen LogP contribution is 2.23. The fourth-order valence-electron chi connectivity index (χ4n) is 3.19. The van der Waals surface area contributed by atoms with Gasteiger partial charge in [-0.3, -0.25) is 14.4 Å². The van der Waals surface area contributed by atoms with Gasteiger partial charge in [0.1, 0.15) is 6.17 Å². The Morgan fingerprint density at radius 1 is 1.50 bits per heavy atom. The zero-order valence-electron chi connectivity index (χ0n) is 14.1. The first kappa shape index (κ1) is 16.7. The largest absolute Gasteiger partial charge is 0.472 e. The van der Waals surface area contributed by atoms with Gasteiger partial charge in [-0.05, 0) is 24.1 Å². The summed E-state index contributed by atoms with van der Waals surface area (Å²) < 4.78 is 20.7. The Hall–Kier alpha value is -2.15. The molecule has 3 heterocycles. The average molecular weight is 334 g/mol. The molecular weight excluding hydrogens is 311 g/mol. The Morgan fingerprint density at radius 2 is 2.33 bits per heavy atom. The first-order chi connectivity index (χ1) is 11.5. The SMILES string of the molecule is CN(C[C@@H]1C[C@H](F)CN1Cc1ccnn1C)C(=O)Cc1ccoc1. The number of likely N-dealkylation sites (N-methyl/N-ethyl adjacent to an activating group) is 1. The number of alkyl halides is 1. The van der Waals surface area contributed by atoms with Crippen LogP contribution < -0.4 is 0 Å². The summed E-state index contributed by atoms with van der Waals surface area (Å²) in [4.78, 5) is 16.1. The molecule has 0 N–H and O–H groups in total. The minimum atomic E-state index is -0.847. The number of carbonyl (C=O) groups is 1. The molecule has 0 aliphatic carbocycles. The van der Waals surface area contributed by atoms with E-state index in [0.29, 0.717) is 32.5 Å². The smallest absolute Gasteiger partial charge is 0.226 e. The Morgan fingerprint density at radius 3 is 3.00 bits per heavy atom. The van der Waals surface area contributed by atoms with Gasteiger partial charge in [0.15, 0.2) is 0 Å². The molecule has 1 saturated heterocycles. The molecule has 24 heavy (non-hydrogen) atoms. The lowest BCUT2D eigenvalue weighted by Crippen LogP contribution is -2.41. The van der Waals surface area contributed by atoms with Crippen molar-refractivity contribution in [1.82, 2.24) is 19.6 Å². The zero-order valence-corrected chi connectivity index (χ0v) is 14.1. The van der Waals surface area contributed by atoms with E-state index in [1.54, 1.807) is 41.4 Å². The first-order valence-corrected chi connectivity index (χ1v) is 8.13. The number of hydrogen-bond acceptors (Lipinski definition) is 4. The third-order valence-corrected chi connectivity index (χ3v) is 4.61. The van der Waals surface area contributed by atoms with Crippen LogP contribution in [0.25, 0.3) is 0 Å². The van der Waals surface area contributed by atoms with Crippen molar-refractivity contribution in [2.45, 2.75) is 31.6 Å². The maximum atomic E-state index is 13.9. The second-order valence-corrected chi connectivity index (χ2v) is 6.45. The van der Waals surface area contributed by atoms with Crippen LogP contribution >= 0.6 is 0 Å². The number of nitrogens with zero attached hydrogens (tertiary/aromatic N) is 4. The molecule has 1 amide bonds. The van der Waals surface area contributed by atoms with E-state index in [1.165, 1.54) is 0 Å². The molecule has 0 spiro atoms. The van der Waals surface area contributed by atoms with E-state index < -0.39 is 6.17 Å². The van der Waals surface area contributed by atoms with Crippen molar-refractivity contribution in [3.63, 3.8) is 0 Å². The Kier molecular flexibility index (Phi) is 4.99. The van der Waals surface area contributed by atoms with E-state index in [4.69, 9.17) is 4.42 Å². The molecule has 0 unspecified atom stereocenters. The summed E-state index contributed by atoms with van der Waals surface area (Å²) in [5.41, 5.74) is 1.90. The number of hydrogen-bond donors (Lipinski definition) is 0. The Balaban J connectivity index is 1.59. The topological polar surface area (TPSA) is 54.5 Å². The maximum Gasteiger partial charge on any atom is 0.226 e. The van der Waals surface area contributed by atoms with E-state index in [2.05, 4.69) is 10.00 Å². The quantitative estimate of drug-likeness (QED) is 0.806. The highest BCUT2D eigenvalue weighted by atomic mass is 19.1. The molecule has 2 atom stereocenters. The van der Waals surface area contributed by atoms with E-state index >= 15 is 0 Å². The van der Waals surface area contributed by atoms with Gasteiger partial charge in [0, 0.05) is 46.0 Å². The van der Waals surface area contributed by atoms with Crippen LogP contribution in [0.2, 0.25) is 0 Å². The highest BCUT2D eigenvalue weighted by molar-refractivity contribution is 5.78. The van der Waals surface area contributed by atoms with Gasteiger partial charge in [0.05, 0.1) is 24.6 Å². The van der Waals surface area contributed by atoms with Crippen LogP contribution in [0, 0.1) is 0 Å². The van der Waals surface area contributed by atoms with Crippen molar-refractivity contribution < 1.29 is 13.6 Å². The summed E-state index contributed by atoms with van der Waals surface area (Å²) in [5, 5.41) is 4.16. The van der Waals surface area contributed by atoms with Crippen LogP contribution in [0.4, 0.5) is 4.39 Å². The summed E-state index contributed by atoms with van der Waals surface area (Å²) in [6, 6.07) is 3.75. The van der Waals surface area contributed by atoms with E-state index in [9.17, 15) is 9.18 Å². The third-order valence-electron chi connectivity index (χ3n) is 4.61. The number of carbonyl (C=O) groups excluding carboxylic acids is 1. The second kappa shape index (κ2) is 7.17. The molecule has 130 valence electrons. The van der Waals surface area contributed by atoms with Gasteiger partial charge in [-0.25, -0.2) is 4.39 Å². The standard InChI is InChI=1S/C17H23FN4O2/c1-20(17(23)7-13-4-6-24-12-13)10-16-8-14(18)9-22(16)11-15-3-5-19-21(15)2/h3-6,12,14,16H,7-11H2,1-2H3/t14-,16-/m0/s1. The van der Waals surface area contributed by atoms with Gasteiger partial charge in [-0.1, -0.05) is 0 Å². The van der Waals surface area contributed by atoms with Crippen LogP contribution in [0.1, 0.15) is 17.7 Å². The average Bonchev–Trinajstić information content (AvgIpc) is 3.24. The van der Waals surface area contributed by atoms with Gasteiger partial charge in [-0.15, -0.1) is 0 Å². The molecular formula is C17H23FN4O2. The van der Waals surface area contributed by atoms with Crippen molar-refractivity contribution >= 4 is 5.91 Å². The maximum absolute atomic E-state index is 13.9. The van der Waals surface area contributed by atoms with Crippen LogP contribution in [0.3, 0.4) is 0 Å². The van der Waals surface area contributed by atoms with Crippen LogP contribution in [0.5, 0.6) is 0 Å². The number of furan rings is 1. The number of aryl methyl sites for hydroxylation is 1.